The zero-order valence-electron chi connectivity index (χ0n) is 10.1. The van der Waals surface area contributed by atoms with Crippen molar-refractivity contribution < 1.29 is 4.79 Å². The first-order chi connectivity index (χ1) is 8.28. The van der Waals surface area contributed by atoms with Crippen molar-refractivity contribution in [1.82, 2.24) is 20.5 Å². The van der Waals surface area contributed by atoms with Crippen LogP contribution in [0.3, 0.4) is 0 Å². The van der Waals surface area contributed by atoms with E-state index >= 15 is 0 Å². The Morgan fingerprint density at radius 1 is 1.53 bits per heavy atom. The van der Waals surface area contributed by atoms with Gasteiger partial charge < -0.3 is 5.32 Å². The van der Waals surface area contributed by atoms with Crippen LogP contribution in [0.1, 0.15) is 61.4 Å². The van der Waals surface area contributed by atoms with Crippen LogP contribution >= 0.6 is 0 Å². The van der Waals surface area contributed by atoms with Crippen molar-refractivity contribution in [1.29, 1.82) is 0 Å². The normalized spacial score (nSPS) is 26.9. The average Bonchev–Trinajstić information content (AvgIpc) is 3.22. The minimum Gasteiger partial charge on any atom is -0.346 e. The Balaban J connectivity index is 1.54. The Hall–Kier alpha value is -1.39. The number of amides is 1. The zero-order valence-corrected chi connectivity index (χ0v) is 10.1. The first-order valence-electron chi connectivity index (χ1n) is 6.51. The molecule has 0 spiro atoms. The highest BCUT2D eigenvalue weighted by Crippen LogP contribution is 2.38. The lowest BCUT2D eigenvalue weighted by atomic mass is 10.2. The Morgan fingerprint density at radius 3 is 3.06 bits per heavy atom. The number of nitrogens with one attached hydrogen (secondary N) is 2. The molecule has 0 radical (unpaired) electrons. The first kappa shape index (κ1) is 10.7. The molecule has 2 N–H and O–H groups in total. The van der Waals surface area contributed by atoms with E-state index in [0.717, 1.165) is 25.1 Å². The predicted octanol–water partition coefficient (Wildman–Crippen LogP) is 1.60. The van der Waals surface area contributed by atoms with Gasteiger partial charge in [-0.15, -0.1) is 5.10 Å². The monoisotopic (exact) mass is 234 g/mol. The van der Waals surface area contributed by atoms with Crippen LogP contribution in [0, 0.1) is 5.92 Å². The van der Waals surface area contributed by atoms with Gasteiger partial charge in [-0.3, -0.25) is 9.89 Å². The fourth-order valence-electron chi connectivity index (χ4n) is 2.26. The van der Waals surface area contributed by atoms with E-state index in [4.69, 9.17) is 0 Å². The topological polar surface area (TPSA) is 70.7 Å². The number of carbonyl (C=O) groups is 1. The van der Waals surface area contributed by atoms with Crippen LogP contribution in [-0.2, 0) is 0 Å². The summed E-state index contributed by atoms with van der Waals surface area (Å²) in [6.07, 6.45) is 5.82. The highest BCUT2D eigenvalue weighted by Gasteiger charge is 2.38. The van der Waals surface area contributed by atoms with E-state index in [9.17, 15) is 4.79 Å². The number of hydrogen-bond acceptors (Lipinski definition) is 3. The second-order valence-electron chi connectivity index (χ2n) is 5.18. The zero-order chi connectivity index (χ0) is 11.8. The van der Waals surface area contributed by atoms with Crippen LogP contribution in [0.4, 0.5) is 0 Å². The van der Waals surface area contributed by atoms with E-state index in [1.54, 1.807) is 0 Å². The van der Waals surface area contributed by atoms with Gasteiger partial charge in [0.25, 0.3) is 5.91 Å². The third-order valence-corrected chi connectivity index (χ3v) is 3.57. The van der Waals surface area contributed by atoms with Gasteiger partial charge in [0, 0.05) is 12.0 Å². The molecule has 0 saturated heterocycles. The largest absolute Gasteiger partial charge is 0.346 e. The summed E-state index contributed by atoms with van der Waals surface area (Å²) in [6.45, 7) is 2.17. The number of H-pyrrole nitrogens is 1. The van der Waals surface area contributed by atoms with E-state index < -0.39 is 0 Å². The SMILES string of the molecule is CCCC1CC1NC(=O)c1n[nH]c(C2CC2)n1. The van der Waals surface area contributed by atoms with Crippen molar-refractivity contribution in [3.63, 3.8) is 0 Å². The summed E-state index contributed by atoms with van der Waals surface area (Å²) in [4.78, 5) is 16.1. The molecule has 2 unspecified atom stereocenters. The van der Waals surface area contributed by atoms with Crippen LogP contribution in [0.25, 0.3) is 0 Å². The molecule has 5 heteroatoms. The molecule has 1 aromatic heterocycles. The number of aromatic nitrogens is 3. The highest BCUT2D eigenvalue weighted by molar-refractivity contribution is 5.90. The molecule has 2 fully saturated rings. The molecule has 1 amide bonds. The lowest BCUT2D eigenvalue weighted by Gasteiger charge is -2.00. The van der Waals surface area contributed by atoms with Gasteiger partial charge in [-0.2, -0.15) is 0 Å². The van der Waals surface area contributed by atoms with Gasteiger partial charge in [0.05, 0.1) is 0 Å². The molecule has 92 valence electrons. The van der Waals surface area contributed by atoms with E-state index in [-0.39, 0.29) is 5.91 Å². The third kappa shape index (κ3) is 2.33. The van der Waals surface area contributed by atoms with Gasteiger partial charge >= 0.3 is 0 Å². The number of rotatable bonds is 5. The molecule has 0 aliphatic heterocycles. The van der Waals surface area contributed by atoms with Gasteiger partial charge in [0.15, 0.2) is 0 Å². The van der Waals surface area contributed by atoms with Crippen molar-refractivity contribution in [2.24, 2.45) is 5.92 Å². The fourth-order valence-corrected chi connectivity index (χ4v) is 2.26. The van der Waals surface area contributed by atoms with Crippen molar-refractivity contribution in [3.8, 4) is 0 Å². The predicted molar refractivity (Wildman–Crippen MR) is 62.6 cm³/mol. The molecular weight excluding hydrogens is 216 g/mol. The van der Waals surface area contributed by atoms with Gasteiger partial charge in [0.2, 0.25) is 5.82 Å². The summed E-state index contributed by atoms with van der Waals surface area (Å²) in [6, 6.07) is 0.352. The fraction of sp³-hybridized carbons (Fsp3) is 0.750. The molecule has 0 aromatic carbocycles. The van der Waals surface area contributed by atoms with Crippen LogP contribution in [0.2, 0.25) is 0 Å². The van der Waals surface area contributed by atoms with Gasteiger partial charge in [-0.05, 0) is 31.6 Å². The molecule has 5 nitrogen and oxygen atoms in total. The van der Waals surface area contributed by atoms with Crippen molar-refractivity contribution in [2.45, 2.75) is 51.0 Å². The minimum atomic E-state index is -0.128. The van der Waals surface area contributed by atoms with Crippen molar-refractivity contribution in [3.05, 3.63) is 11.6 Å². The molecule has 1 aromatic rings. The van der Waals surface area contributed by atoms with Crippen molar-refractivity contribution in [2.75, 3.05) is 0 Å². The lowest BCUT2D eigenvalue weighted by molar-refractivity contribution is 0.0938. The van der Waals surface area contributed by atoms with E-state index in [1.165, 1.54) is 12.8 Å². The maximum absolute atomic E-state index is 11.8. The van der Waals surface area contributed by atoms with Crippen molar-refractivity contribution >= 4 is 5.91 Å². The molecule has 2 atom stereocenters. The number of carbonyl (C=O) groups excluding carboxylic acids is 1. The summed E-state index contributed by atoms with van der Waals surface area (Å²) < 4.78 is 0. The Bertz CT molecular complexity index is 424. The molecule has 17 heavy (non-hydrogen) atoms. The lowest BCUT2D eigenvalue weighted by Crippen LogP contribution is -2.27. The number of nitrogens with zero attached hydrogens (tertiary/aromatic N) is 2. The smallest absolute Gasteiger partial charge is 0.291 e. The Morgan fingerprint density at radius 2 is 2.35 bits per heavy atom. The molecule has 2 aliphatic carbocycles. The average molecular weight is 234 g/mol. The number of hydrogen-bond donors (Lipinski definition) is 2. The number of aromatic amines is 1. The second kappa shape index (κ2) is 4.13. The van der Waals surface area contributed by atoms with Gasteiger partial charge in [0.1, 0.15) is 5.82 Å². The molecule has 2 saturated carbocycles. The molecule has 0 bridgehead atoms. The first-order valence-corrected chi connectivity index (χ1v) is 6.51. The Kier molecular flexibility index (Phi) is 2.61. The summed E-state index contributed by atoms with van der Waals surface area (Å²) in [7, 11) is 0. The van der Waals surface area contributed by atoms with Gasteiger partial charge in [-0.1, -0.05) is 13.3 Å². The summed E-state index contributed by atoms with van der Waals surface area (Å²) in [5.74, 6) is 2.23. The van der Waals surface area contributed by atoms with Crippen LogP contribution in [0.5, 0.6) is 0 Å². The maximum Gasteiger partial charge on any atom is 0.291 e. The second-order valence-corrected chi connectivity index (χ2v) is 5.18. The van der Waals surface area contributed by atoms with Crippen LogP contribution in [0.15, 0.2) is 0 Å². The van der Waals surface area contributed by atoms with Crippen LogP contribution < -0.4 is 5.32 Å². The molecular formula is C12H18N4O. The maximum atomic E-state index is 11.8. The minimum absolute atomic E-state index is 0.128. The molecule has 3 rings (SSSR count). The van der Waals surface area contributed by atoms with E-state index in [0.29, 0.717) is 23.7 Å². The summed E-state index contributed by atoms with van der Waals surface area (Å²) in [5, 5.41) is 9.83. The Labute approximate surface area is 100 Å². The quantitative estimate of drug-likeness (QED) is 0.813. The summed E-state index contributed by atoms with van der Waals surface area (Å²) >= 11 is 0. The van der Waals surface area contributed by atoms with E-state index in [2.05, 4.69) is 27.4 Å². The highest BCUT2D eigenvalue weighted by atomic mass is 16.2. The molecule has 2 aliphatic rings. The van der Waals surface area contributed by atoms with Gasteiger partial charge in [-0.25, -0.2) is 4.98 Å². The van der Waals surface area contributed by atoms with E-state index in [1.807, 2.05) is 0 Å². The van der Waals surface area contributed by atoms with Crippen LogP contribution in [-0.4, -0.2) is 27.1 Å². The summed E-state index contributed by atoms with van der Waals surface area (Å²) in [5.41, 5.74) is 0. The third-order valence-electron chi connectivity index (χ3n) is 3.57. The standard InChI is InChI=1S/C12H18N4O/c1-2-3-8-6-9(8)13-12(17)11-14-10(15-16-11)7-4-5-7/h7-9H,2-6H2,1H3,(H,13,17)(H,14,15,16). The molecule has 1 heterocycles.